The average Bonchev–Trinajstić information content (AvgIpc) is 3.49. The van der Waals surface area contributed by atoms with E-state index in [1.165, 1.54) is 6.08 Å². The molecule has 5 nitrogen and oxygen atoms in total. The molecule has 178 valence electrons. The van der Waals surface area contributed by atoms with Crippen LogP contribution >= 0.6 is 0 Å². The third kappa shape index (κ3) is 6.48. The zero-order valence-electron chi connectivity index (χ0n) is 18.5. The lowest BCUT2D eigenvalue weighted by molar-refractivity contribution is -0.124. The second-order valence-electron chi connectivity index (χ2n) is 8.78. The molecule has 8 heteroatoms. The summed E-state index contributed by atoms with van der Waals surface area (Å²) >= 11 is 0. The standard InChI is InChI=1S/C24H32F3NO4/c1-14(31-13-22(26)27)9-17(11-25)24-20-8-7-19(10-21(20)24)32-18-5-3-16(4-6-18)15(2)28-23(30)12-29/h3-5,9,11,15,18-22,24,29H,6-8,10,12-13H2,1-2H3,(H,28,30)/b14-9+,17-11+/t15?,18?,19-,20?,21?,24?/m1/s1. The van der Waals surface area contributed by atoms with E-state index in [9.17, 15) is 18.0 Å². The summed E-state index contributed by atoms with van der Waals surface area (Å²) in [7, 11) is 0. The van der Waals surface area contributed by atoms with Gasteiger partial charge in [0.25, 0.3) is 6.43 Å². The van der Waals surface area contributed by atoms with Gasteiger partial charge in [-0.1, -0.05) is 18.2 Å². The largest absolute Gasteiger partial charge is 0.492 e. The molecule has 3 rings (SSSR count). The highest BCUT2D eigenvalue weighted by Gasteiger charge is 2.54. The minimum atomic E-state index is -2.56. The van der Waals surface area contributed by atoms with Crippen LogP contribution in [0, 0.1) is 17.8 Å². The van der Waals surface area contributed by atoms with Crippen molar-refractivity contribution in [3.8, 4) is 0 Å². The molecular formula is C24H32F3NO4. The Morgan fingerprint density at radius 2 is 2.12 bits per heavy atom. The number of ether oxygens (including phenoxy) is 2. The van der Waals surface area contributed by atoms with Gasteiger partial charge in [0.2, 0.25) is 5.91 Å². The first kappa shape index (κ1) is 24.6. The fraction of sp³-hybridized carbons (Fsp3) is 0.625. The first-order valence-corrected chi connectivity index (χ1v) is 11.2. The van der Waals surface area contributed by atoms with Crippen LogP contribution in [0.5, 0.6) is 0 Å². The Bertz CT molecular complexity index is 792. The van der Waals surface area contributed by atoms with Crippen LogP contribution in [0.3, 0.4) is 0 Å². The maximum absolute atomic E-state index is 13.5. The molecule has 2 saturated carbocycles. The molecule has 0 aromatic rings. The van der Waals surface area contributed by atoms with Gasteiger partial charge < -0.3 is 19.9 Å². The van der Waals surface area contributed by atoms with E-state index in [4.69, 9.17) is 14.6 Å². The number of hydrogen-bond acceptors (Lipinski definition) is 4. The van der Waals surface area contributed by atoms with Gasteiger partial charge in [0, 0.05) is 0 Å². The number of aliphatic hydroxyl groups excluding tert-OH is 1. The monoisotopic (exact) mass is 455 g/mol. The van der Waals surface area contributed by atoms with Crippen LogP contribution in [0.15, 0.2) is 47.5 Å². The third-order valence-corrected chi connectivity index (χ3v) is 6.48. The molecule has 3 aliphatic rings. The van der Waals surface area contributed by atoms with Crippen molar-refractivity contribution in [2.75, 3.05) is 13.2 Å². The summed E-state index contributed by atoms with van der Waals surface area (Å²) in [6, 6.07) is -0.179. The number of halogens is 3. The number of carbonyl (C=O) groups excluding carboxylic acids is 1. The van der Waals surface area contributed by atoms with Crippen LogP contribution < -0.4 is 5.32 Å². The molecule has 0 saturated heterocycles. The highest BCUT2D eigenvalue weighted by molar-refractivity contribution is 5.77. The van der Waals surface area contributed by atoms with E-state index in [-0.39, 0.29) is 24.2 Å². The number of hydrogen-bond donors (Lipinski definition) is 2. The van der Waals surface area contributed by atoms with Crippen molar-refractivity contribution in [2.24, 2.45) is 17.8 Å². The summed E-state index contributed by atoms with van der Waals surface area (Å²) in [6.45, 7) is 2.21. The Balaban J connectivity index is 1.47. The van der Waals surface area contributed by atoms with Crippen molar-refractivity contribution in [3.63, 3.8) is 0 Å². The Labute approximate surface area is 187 Å². The van der Waals surface area contributed by atoms with Crippen LogP contribution in [-0.2, 0) is 14.3 Å². The highest BCUT2D eigenvalue weighted by atomic mass is 19.3. The van der Waals surface area contributed by atoms with E-state index in [1.54, 1.807) is 6.92 Å². The third-order valence-electron chi connectivity index (χ3n) is 6.48. The number of fused-ring (bicyclic) bond motifs is 1. The summed E-state index contributed by atoms with van der Waals surface area (Å²) in [5, 5.41) is 11.6. The molecule has 0 bridgehead atoms. The van der Waals surface area contributed by atoms with Crippen molar-refractivity contribution in [3.05, 3.63) is 47.5 Å². The Morgan fingerprint density at radius 3 is 2.75 bits per heavy atom. The van der Waals surface area contributed by atoms with E-state index in [0.29, 0.717) is 35.9 Å². The Hall–Kier alpha value is -2.06. The van der Waals surface area contributed by atoms with E-state index in [0.717, 1.165) is 24.8 Å². The zero-order chi connectivity index (χ0) is 23.3. The summed E-state index contributed by atoms with van der Waals surface area (Å²) in [5.74, 6) is 0.712. The molecule has 0 aromatic heterocycles. The second-order valence-corrected chi connectivity index (χ2v) is 8.78. The molecule has 0 spiro atoms. The van der Waals surface area contributed by atoms with E-state index in [1.807, 2.05) is 25.2 Å². The molecule has 6 atom stereocenters. The summed E-state index contributed by atoms with van der Waals surface area (Å²) in [6.07, 6.45) is 8.99. The van der Waals surface area contributed by atoms with Crippen molar-refractivity contribution >= 4 is 5.91 Å². The van der Waals surface area contributed by atoms with Crippen LogP contribution in [0.4, 0.5) is 13.2 Å². The van der Waals surface area contributed by atoms with Crippen molar-refractivity contribution < 1.29 is 32.5 Å². The van der Waals surface area contributed by atoms with Gasteiger partial charge >= 0.3 is 0 Å². The van der Waals surface area contributed by atoms with Gasteiger partial charge in [-0.05, 0) is 74.5 Å². The quantitative estimate of drug-likeness (QED) is 0.383. The Morgan fingerprint density at radius 1 is 1.34 bits per heavy atom. The van der Waals surface area contributed by atoms with Crippen LogP contribution in [0.1, 0.15) is 39.5 Å². The summed E-state index contributed by atoms with van der Waals surface area (Å²) in [5.41, 5.74) is 1.49. The van der Waals surface area contributed by atoms with E-state index >= 15 is 0 Å². The number of allylic oxidation sites excluding steroid dienone is 3. The number of aliphatic hydroxyl groups is 1. The Kier molecular flexibility index (Phi) is 8.59. The molecule has 0 heterocycles. The molecule has 3 aliphatic carbocycles. The lowest BCUT2D eigenvalue weighted by Gasteiger charge is -2.27. The van der Waals surface area contributed by atoms with E-state index in [2.05, 4.69) is 5.32 Å². The zero-order valence-corrected chi connectivity index (χ0v) is 18.5. The number of nitrogens with one attached hydrogen (secondary N) is 1. The first-order chi connectivity index (χ1) is 15.3. The molecule has 2 fully saturated rings. The smallest absolute Gasteiger partial charge is 0.272 e. The number of amides is 1. The van der Waals surface area contributed by atoms with Crippen molar-refractivity contribution in [1.82, 2.24) is 5.32 Å². The van der Waals surface area contributed by atoms with Crippen LogP contribution in [0.25, 0.3) is 0 Å². The molecule has 0 aromatic carbocycles. The molecule has 0 radical (unpaired) electrons. The maximum atomic E-state index is 13.5. The maximum Gasteiger partial charge on any atom is 0.272 e. The molecular weight excluding hydrogens is 423 g/mol. The van der Waals surface area contributed by atoms with Crippen molar-refractivity contribution in [1.29, 1.82) is 0 Å². The molecule has 5 unspecified atom stereocenters. The van der Waals surface area contributed by atoms with Gasteiger partial charge in [0.15, 0.2) is 0 Å². The average molecular weight is 456 g/mol. The SMILES string of the molecule is C/C(=C\C(=C/F)C1C2CC[C@@H](OC3C=CC(C(C)NC(=O)CO)=CC3)CC21)OCC(F)F. The molecule has 1 amide bonds. The minimum Gasteiger partial charge on any atom is -0.492 e. The fourth-order valence-electron chi connectivity index (χ4n) is 4.91. The lowest BCUT2D eigenvalue weighted by atomic mass is 9.96. The van der Waals surface area contributed by atoms with Gasteiger partial charge in [-0.15, -0.1) is 0 Å². The highest BCUT2D eigenvalue weighted by Crippen LogP contribution is 2.59. The predicted molar refractivity (Wildman–Crippen MR) is 114 cm³/mol. The first-order valence-electron chi connectivity index (χ1n) is 11.2. The van der Waals surface area contributed by atoms with Crippen molar-refractivity contribution in [2.45, 2.75) is 64.2 Å². The topological polar surface area (TPSA) is 67.8 Å². The van der Waals surface area contributed by atoms with Crippen LogP contribution in [-0.4, -0.2) is 48.9 Å². The normalized spacial score (nSPS) is 31.1. The molecule has 0 aliphatic heterocycles. The van der Waals surface area contributed by atoms with Gasteiger partial charge in [0.1, 0.15) is 13.2 Å². The van der Waals surface area contributed by atoms with Gasteiger partial charge in [0.05, 0.1) is 30.3 Å². The van der Waals surface area contributed by atoms with Gasteiger partial charge in [-0.25, -0.2) is 13.2 Å². The number of rotatable bonds is 10. The molecule has 32 heavy (non-hydrogen) atoms. The number of alkyl halides is 2. The second kappa shape index (κ2) is 11.2. The predicted octanol–water partition coefficient (Wildman–Crippen LogP) is 4.21. The number of carbonyl (C=O) groups is 1. The molecule has 2 N–H and O–H groups in total. The summed E-state index contributed by atoms with van der Waals surface area (Å²) in [4.78, 5) is 11.3. The fourth-order valence-corrected chi connectivity index (χ4v) is 4.91. The van der Waals surface area contributed by atoms with Gasteiger partial charge in [-0.2, -0.15) is 0 Å². The van der Waals surface area contributed by atoms with Crippen LogP contribution in [0.2, 0.25) is 0 Å². The minimum absolute atomic E-state index is 0.0423. The van der Waals surface area contributed by atoms with E-state index < -0.39 is 25.5 Å². The van der Waals surface area contributed by atoms with Gasteiger partial charge in [-0.3, -0.25) is 4.79 Å². The lowest BCUT2D eigenvalue weighted by Crippen LogP contribution is -2.36. The summed E-state index contributed by atoms with van der Waals surface area (Å²) < 4.78 is 49.4.